The molecule has 112 valence electrons. The van der Waals surface area contributed by atoms with Crippen LogP contribution in [0.1, 0.15) is 52.4 Å². The van der Waals surface area contributed by atoms with Crippen LogP contribution in [0, 0.1) is 0 Å². The molecule has 2 rings (SSSR count). The number of nitrogens with one attached hydrogen (secondary N) is 1. The first-order valence-corrected chi connectivity index (χ1v) is 9.55. The van der Waals surface area contributed by atoms with Gasteiger partial charge in [0.25, 0.3) is 0 Å². The van der Waals surface area contributed by atoms with Crippen LogP contribution >= 0.6 is 0 Å². The largest absolute Gasteiger partial charge is 0.314 e. The molecule has 4 atom stereocenters. The van der Waals surface area contributed by atoms with Gasteiger partial charge in [-0.05, 0) is 45.6 Å². The molecule has 2 bridgehead atoms. The molecular formula is C15H30N2OS. The average Bonchev–Trinajstić information content (AvgIpc) is 2.36. The van der Waals surface area contributed by atoms with Gasteiger partial charge in [0.2, 0.25) is 0 Å². The van der Waals surface area contributed by atoms with E-state index >= 15 is 0 Å². The highest BCUT2D eigenvalue weighted by molar-refractivity contribution is 7.84. The Hall–Kier alpha value is 0.0700. The van der Waals surface area contributed by atoms with Gasteiger partial charge in [-0.2, -0.15) is 0 Å². The van der Waals surface area contributed by atoms with Crippen LogP contribution in [0.15, 0.2) is 0 Å². The second-order valence-corrected chi connectivity index (χ2v) is 8.17. The number of piperidine rings is 2. The van der Waals surface area contributed by atoms with Gasteiger partial charge >= 0.3 is 0 Å². The van der Waals surface area contributed by atoms with Crippen LogP contribution in [-0.2, 0) is 10.8 Å². The minimum absolute atomic E-state index is 0.309. The quantitative estimate of drug-likeness (QED) is 0.812. The standard InChI is InChI=1S/C15H30N2OS/c1-4-8-16-13-9-14-6-5-7-15(10-13)17(14)11-12(2)19(3)18/h12-16H,4-11H2,1-3H3. The van der Waals surface area contributed by atoms with Gasteiger partial charge in [0, 0.05) is 47.0 Å². The Morgan fingerprint density at radius 1 is 1.32 bits per heavy atom. The number of nitrogens with zero attached hydrogens (tertiary/aromatic N) is 1. The van der Waals surface area contributed by atoms with E-state index in [-0.39, 0.29) is 0 Å². The lowest BCUT2D eigenvalue weighted by molar-refractivity contribution is 0.0258. The van der Waals surface area contributed by atoms with Crippen molar-refractivity contribution in [2.45, 2.75) is 75.7 Å². The van der Waals surface area contributed by atoms with Crippen LogP contribution in [0.5, 0.6) is 0 Å². The van der Waals surface area contributed by atoms with Crippen molar-refractivity contribution in [3.8, 4) is 0 Å². The van der Waals surface area contributed by atoms with Crippen LogP contribution in [0.3, 0.4) is 0 Å². The Kier molecular flexibility index (Phi) is 5.85. The summed E-state index contributed by atoms with van der Waals surface area (Å²) in [6, 6.07) is 2.18. The van der Waals surface area contributed by atoms with Crippen LogP contribution in [0.25, 0.3) is 0 Å². The zero-order chi connectivity index (χ0) is 13.8. The highest BCUT2D eigenvalue weighted by atomic mass is 32.2. The third-order valence-electron chi connectivity index (χ3n) is 4.84. The second kappa shape index (κ2) is 7.19. The molecule has 0 aromatic carbocycles. The first kappa shape index (κ1) is 15.5. The third-order valence-corrected chi connectivity index (χ3v) is 6.13. The normalized spacial score (nSPS) is 35.0. The molecule has 3 nitrogen and oxygen atoms in total. The second-order valence-electron chi connectivity index (χ2n) is 6.37. The fourth-order valence-corrected chi connectivity index (χ4v) is 4.08. The van der Waals surface area contributed by atoms with Crippen LogP contribution in [-0.4, -0.2) is 51.8 Å². The van der Waals surface area contributed by atoms with E-state index in [1.807, 2.05) is 6.26 Å². The van der Waals surface area contributed by atoms with Crippen molar-refractivity contribution in [3.05, 3.63) is 0 Å². The number of hydrogen-bond donors (Lipinski definition) is 1. The topological polar surface area (TPSA) is 32.3 Å². The summed E-state index contributed by atoms with van der Waals surface area (Å²) in [5.41, 5.74) is 0. The Morgan fingerprint density at radius 2 is 1.95 bits per heavy atom. The van der Waals surface area contributed by atoms with Gasteiger partial charge in [-0.25, -0.2) is 0 Å². The lowest BCUT2D eigenvalue weighted by atomic mass is 9.81. The summed E-state index contributed by atoms with van der Waals surface area (Å²) < 4.78 is 11.6. The summed E-state index contributed by atoms with van der Waals surface area (Å²) >= 11 is 0. The molecule has 2 aliphatic rings. The maximum Gasteiger partial charge on any atom is 0.0444 e. The molecule has 2 saturated heterocycles. The van der Waals surface area contributed by atoms with Gasteiger partial charge in [0.1, 0.15) is 0 Å². The molecular weight excluding hydrogens is 256 g/mol. The predicted molar refractivity (Wildman–Crippen MR) is 83.0 cm³/mol. The first-order chi connectivity index (χ1) is 9.11. The highest BCUT2D eigenvalue weighted by Gasteiger charge is 2.38. The van der Waals surface area contributed by atoms with Gasteiger partial charge in [0.05, 0.1) is 0 Å². The summed E-state index contributed by atoms with van der Waals surface area (Å²) in [5, 5.41) is 4.02. The van der Waals surface area contributed by atoms with Crippen molar-refractivity contribution < 1.29 is 4.21 Å². The van der Waals surface area contributed by atoms with E-state index in [0.29, 0.717) is 11.3 Å². The maximum atomic E-state index is 11.6. The van der Waals surface area contributed by atoms with E-state index < -0.39 is 10.8 Å². The number of rotatable bonds is 6. The SMILES string of the molecule is CCCNC1CC2CCCC(C1)N2CC(C)S(C)=O. The molecule has 2 aliphatic heterocycles. The van der Waals surface area contributed by atoms with Crippen molar-refractivity contribution in [2.24, 2.45) is 0 Å². The van der Waals surface area contributed by atoms with Crippen LogP contribution in [0.4, 0.5) is 0 Å². The minimum atomic E-state index is -0.691. The van der Waals surface area contributed by atoms with Crippen molar-refractivity contribution in [3.63, 3.8) is 0 Å². The summed E-state index contributed by atoms with van der Waals surface area (Å²) in [5.74, 6) is 0. The molecule has 0 radical (unpaired) electrons. The molecule has 0 aliphatic carbocycles. The zero-order valence-corrected chi connectivity index (χ0v) is 13.5. The summed E-state index contributed by atoms with van der Waals surface area (Å²) in [4.78, 5) is 2.68. The van der Waals surface area contributed by atoms with Gasteiger partial charge in [0.15, 0.2) is 0 Å². The summed E-state index contributed by atoms with van der Waals surface area (Å²) in [6.45, 7) is 6.55. The van der Waals surface area contributed by atoms with Crippen molar-refractivity contribution in [2.75, 3.05) is 19.3 Å². The van der Waals surface area contributed by atoms with Crippen molar-refractivity contribution in [1.82, 2.24) is 10.2 Å². The molecule has 0 aromatic rings. The first-order valence-electron chi connectivity index (χ1n) is 7.93. The molecule has 1 N–H and O–H groups in total. The smallest absolute Gasteiger partial charge is 0.0444 e. The van der Waals surface area contributed by atoms with E-state index in [2.05, 4.69) is 24.1 Å². The lowest BCUT2D eigenvalue weighted by Gasteiger charge is -2.49. The fourth-order valence-electron chi connectivity index (χ4n) is 3.69. The lowest BCUT2D eigenvalue weighted by Crippen LogP contribution is -2.57. The Balaban J connectivity index is 1.93. The minimum Gasteiger partial charge on any atom is -0.314 e. The summed E-state index contributed by atoms with van der Waals surface area (Å²) in [7, 11) is -0.691. The molecule has 4 heteroatoms. The molecule has 19 heavy (non-hydrogen) atoms. The van der Waals surface area contributed by atoms with Crippen molar-refractivity contribution >= 4 is 10.8 Å². The number of fused-ring (bicyclic) bond motifs is 2. The summed E-state index contributed by atoms with van der Waals surface area (Å²) in [6.07, 6.45) is 9.71. The van der Waals surface area contributed by atoms with Gasteiger partial charge < -0.3 is 5.32 Å². The molecule has 2 fully saturated rings. The van der Waals surface area contributed by atoms with Gasteiger partial charge in [-0.1, -0.05) is 13.3 Å². The van der Waals surface area contributed by atoms with Crippen LogP contribution in [0.2, 0.25) is 0 Å². The molecule has 0 amide bonds. The Morgan fingerprint density at radius 3 is 2.47 bits per heavy atom. The Bertz CT molecular complexity index is 297. The Labute approximate surface area is 121 Å². The molecule has 2 heterocycles. The van der Waals surface area contributed by atoms with Gasteiger partial charge in [-0.15, -0.1) is 0 Å². The van der Waals surface area contributed by atoms with E-state index in [9.17, 15) is 4.21 Å². The van der Waals surface area contributed by atoms with E-state index in [1.165, 1.54) is 38.5 Å². The monoisotopic (exact) mass is 286 g/mol. The van der Waals surface area contributed by atoms with E-state index in [4.69, 9.17) is 0 Å². The van der Waals surface area contributed by atoms with Crippen molar-refractivity contribution in [1.29, 1.82) is 0 Å². The number of hydrogen-bond acceptors (Lipinski definition) is 3. The molecule has 0 saturated carbocycles. The van der Waals surface area contributed by atoms with Crippen LogP contribution < -0.4 is 5.32 Å². The molecule has 4 unspecified atom stereocenters. The maximum absolute atomic E-state index is 11.6. The molecule has 0 aromatic heterocycles. The van der Waals surface area contributed by atoms with E-state index in [0.717, 1.165) is 25.2 Å². The average molecular weight is 286 g/mol. The zero-order valence-electron chi connectivity index (χ0n) is 12.7. The van der Waals surface area contributed by atoms with E-state index in [1.54, 1.807) is 0 Å². The molecule has 0 spiro atoms. The predicted octanol–water partition coefficient (Wildman–Crippen LogP) is 2.14. The van der Waals surface area contributed by atoms with Gasteiger partial charge in [-0.3, -0.25) is 9.11 Å². The highest BCUT2D eigenvalue weighted by Crippen LogP contribution is 2.34. The third kappa shape index (κ3) is 4.02. The fraction of sp³-hybridized carbons (Fsp3) is 1.00.